The summed E-state index contributed by atoms with van der Waals surface area (Å²) in [7, 11) is 0. The molecule has 7 rings (SSSR count). The van der Waals surface area contributed by atoms with Crippen LogP contribution in [0.4, 0.5) is 0 Å². The van der Waals surface area contributed by atoms with E-state index >= 15 is 0 Å². The molecule has 4 nitrogen and oxygen atoms in total. The molecule has 0 radical (unpaired) electrons. The van der Waals surface area contributed by atoms with Gasteiger partial charge in [-0.3, -0.25) is 14.5 Å². The number of hydrogen-bond donors (Lipinski definition) is 1. The van der Waals surface area contributed by atoms with Gasteiger partial charge in [0.25, 0.3) is 0 Å². The molecule has 0 unspecified atom stereocenters. The molecule has 5 heteroatoms. The smallest absolute Gasteiger partial charge is 0.139 e. The maximum absolute atomic E-state index is 10.8. The second-order valence-electron chi connectivity index (χ2n) is 13.3. The first-order valence-electron chi connectivity index (χ1n) is 15.4. The molecule has 0 fully saturated rings. The van der Waals surface area contributed by atoms with Gasteiger partial charge in [0.1, 0.15) is 11.4 Å². The Morgan fingerprint density at radius 3 is 2.20 bits per heavy atom. The normalized spacial score (nSPS) is 11.9. The summed E-state index contributed by atoms with van der Waals surface area (Å²) in [5.74, 6) is 0.211. The number of phenols is 1. The minimum Gasteiger partial charge on any atom is -0.506 e. The van der Waals surface area contributed by atoms with E-state index in [4.69, 9.17) is 9.97 Å². The van der Waals surface area contributed by atoms with Crippen LogP contribution in [-0.4, -0.2) is 19.6 Å². The molecule has 0 aliphatic heterocycles. The number of fused-ring (bicyclic) bond motifs is 3. The first-order chi connectivity index (χ1) is 21.6. The van der Waals surface area contributed by atoms with Gasteiger partial charge >= 0.3 is 0 Å². The summed E-state index contributed by atoms with van der Waals surface area (Å²) >= 11 is 0. The van der Waals surface area contributed by atoms with Gasteiger partial charge in [0.15, 0.2) is 0 Å². The number of rotatable bonds is 5. The second kappa shape index (κ2) is 12.0. The average Bonchev–Trinajstić information content (AvgIpc) is 3.38. The number of pyridine rings is 2. The van der Waals surface area contributed by atoms with Crippen LogP contribution in [-0.2, 0) is 31.9 Å². The Balaban J connectivity index is 0.00000372. The van der Waals surface area contributed by atoms with Crippen molar-refractivity contribution < 1.29 is 26.2 Å². The molecular weight excluding hydrogens is 746 g/mol. The third-order valence-corrected chi connectivity index (χ3v) is 8.87. The molecule has 46 heavy (non-hydrogen) atoms. The predicted octanol–water partition coefficient (Wildman–Crippen LogP) is 10.0. The molecule has 0 spiro atoms. The van der Waals surface area contributed by atoms with Crippen LogP contribution < -0.4 is 0 Å². The number of para-hydroxylation sites is 3. The molecule has 3 heterocycles. The standard InChI is InChI=1S/C41H36N3O.Pt/c1-40(2,3)30-19-17-27(18-20-30)28-23-24-42-38(26-28)41(4,5)31-12-10-11-29(25-31)34-22-21-33-32-13-6-7-14-35(32)44(39(33)43-34)36-15-8-9-16-37(36)45;/h6-24,26,45H,1-5H3;/q-1;. The summed E-state index contributed by atoms with van der Waals surface area (Å²) in [6, 6.07) is 42.9. The van der Waals surface area contributed by atoms with Crippen LogP contribution in [0, 0.1) is 6.07 Å². The van der Waals surface area contributed by atoms with E-state index in [2.05, 4.69) is 120 Å². The number of nitrogens with zero attached hydrogens (tertiary/aromatic N) is 3. The van der Waals surface area contributed by atoms with Crippen molar-refractivity contribution in [3.8, 4) is 33.8 Å². The quantitative estimate of drug-likeness (QED) is 0.177. The Labute approximate surface area is 285 Å². The van der Waals surface area contributed by atoms with Gasteiger partial charge in [-0.25, -0.2) is 0 Å². The second-order valence-corrected chi connectivity index (χ2v) is 13.3. The van der Waals surface area contributed by atoms with E-state index in [1.54, 1.807) is 6.07 Å². The Hall–Kier alpha value is -4.53. The largest absolute Gasteiger partial charge is 0.506 e. The molecule has 0 saturated heterocycles. The zero-order valence-electron chi connectivity index (χ0n) is 26.7. The van der Waals surface area contributed by atoms with Crippen molar-refractivity contribution in [2.75, 3.05) is 0 Å². The first kappa shape index (κ1) is 31.5. The van der Waals surface area contributed by atoms with Gasteiger partial charge < -0.3 is 5.11 Å². The third kappa shape index (κ3) is 5.56. The molecule has 0 aliphatic rings. The van der Waals surface area contributed by atoms with Gasteiger partial charge in [0, 0.05) is 49.1 Å². The van der Waals surface area contributed by atoms with Crippen LogP contribution in [0.5, 0.6) is 5.75 Å². The fourth-order valence-electron chi connectivity index (χ4n) is 6.12. The summed E-state index contributed by atoms with van der Waals surface area (Å²) in [5, 5.41) is 12.9. The molecule has 7 aromatic rings. The minimum atomic E-state index is -0.397. The van der Waals surface area contributed by atoms with E-state index in [9.17, 15) is 5.11 Å². The SMILES string of the molecule is CC(C)(C)c1ccc(-c2ccnc(C(C)(C)c3[c-]c(-c4ccc5c6ccccc6n(-c6ccccc6O)c5n4)ccc3)c2)cc1.[Pt]. The summed E-state index contributed by atoms with van der Waals surface area (Å²) < 4.78 is 2.04. The molecule has 3 aromatic heterocycles. The van der Waals surface area contributed by atoms with Crippen LogP contribution >= 0.6 is 0 Å². The van der Waals surface area contributed by atoms with Crippen LogP contribution in [0.15, 0.2) is 121 Å². The molecular formula is C41H36N3OPt-. The fraction of sp³-hybridized carbons (Fsp3) is 0.171. The van der Waals surface area contributed by atoms with Crippen molar-refractivity contribution >= 4 is 21.9 Å². The van der Waals surface area contributed by atoms with Crippen LogP contribution in [0.3, 0.4) is 0 Å². The third-order valence-electron chi connectivity index (χ3n) is 8.87. The van der Waals surface area contributed by atoms with Crippen LogP contribution in [0.25, 0.3) is 50.0 Å². The number of aromatic nitrogens is 3. The van der Waals surface area contributed by atoms with Crippen LogP contribution in [0.2, 0.25) is 0 Å². The number of phenolic OH excluding ortho intramolecular Hbond substituents is 1. The Kier molecular flexibility index (Phi) is 8.21. The van der Waals surface area contributed by atoms with Gasteiger partial charge in [-0.05, 0) is 58.1 Å². The summed E-state index contributed by atoms with van der Waals surface area (Å²) in [5.41, 5.74) is 9.60. The van der Waals surface area contributed by atoms with E-state index in [1.165, 1.54) is 11.1 Å². The minimum absolute atomic E-state index is 0. The first-order valence-corrected chi connectivity index (χ1v) is 15.4. The van der Waals surface area contributed by atoms with Crippen LogP contribution in [0.1, 0.15) is 51.4 Å². The molecule has 232 valence electrons. The Bertz CT molecular complexity index is 2190. The summed E-state index contributed by atoms with van der Waals surface area (Å²) in [4.78, 5) is 10.0. The molecule has 0 aliphatic carbocycles. The molecule has 0 amide bonds. The molecule has 0 bridgehead atoms. The number of aromatic hydroxyl groups is 1. The monoisotopic (exact) mass is 781 g/mol. The number of hydrogen-bond acceptors (Lipinski definition) is 3. The maximum atomic E-state index is 10.8. The summed E-state index contributed by atoms with van der Waals surface area (Å²) in [6.45, 7) is 11.1. The Morgan fingerprint density at radius 2 is 1.43 bits per heavy atom. The molecule has 0 saturated carbocycles. The van der Waals surface area contributed by atoms with Gasteiger partial charge in [0.2, 0.25) is 0 Å². The van der Waals surface area contributed by atoms with Gasteiger partial charge in [0.05, 0.1) is 11.2 Å². The Morgan fingerprint density at radius 1 is 0.696 bits per heavy atom. The fourth-order valence-corrected chi connectivity index (χ4v) is 6.12. The topological polar surface area (TPSA) is 50.9 Å². The van der Waals surface area contributed by atoms with Crippen molar-refractivity contribution in [2.45, 2.75) is 45.4 Å². The van der Waals surface area contributed by atoms with Gasteiger partial charge in [-0.15, -0.1) is 35.4 Å². The zero-order chi connectivity index (χ0) is 31.3. The van der Waals surface area contributed by atoms with E-state index in [1.807, 2.05) is 41.1 Å². The maximum Gasteiger partial charge on any atom is 0.139 e. The van der Waals surface area contributed by atoms with E-state index < -0.39 is 5.41 Å². The zero-order valence-corrected chi connectivity index (χ0v) is 28.9. The molecule has 0 atom stereocenters. The molecule has 1 N–H and O–H groups in total. The van der Waals surface area contributed by atoms with Crippen molar-refractivity contribution in [3.05, 3.63) is 144 Å². The van der Waals surface area contributed by atoms with Crippen molar-refractivity contribution in [3.63, 3.8) is 0 Å². The average molecular weight is 782 g/mol. The summed E-state index contributed by atoms with van der Waals surface area (Å²) in [6.07, 6.45) is 1.90. The predicted molar refractivity (Wildman–Crippen MR) is 185 cm³/mol. The van der Waals surface area contributed by atoms with E-state index in [-0.39, 0.29) is 32.2 Å². The van der Waals surface area contributed by atoms with Gasteiger partial charge in [-0.2, -0.15) is 0 Å². The van der Waals surface area contributed by atoms with Crippen molar-refractivity contribution in [2.24, 2.45) is 0 Å². The van der Waals surface area contributed by atoms with E-state index in [0.29, 0.717) is 5.69 Å². The van der Waals surface area contributed by atoms with Gasteiger partial charge in [-0.1, -0.05) is 101 Å². The molecule has 4 aromatic carbocycles. The van der Waals surface area contributed by atoms with E-state index in [0.717, 1.165) is 50.0 Å². The van der Waals surface area contributed by atoms with Crippen molar-refractivity contribution in [1.29, 1.82) is 0 Å². The number of benzene rings is 4. The van der Waals surface area contributed by atoms with Crippen molar-refractivity contribution in [1.82, 2.24) is 14.5 Å².